The molecule has 6 heteroatoms. The number of carbonyl (C=O) groups excluding carboxylic acids is 1. The molecule has 1 aromatic heterocycles. The zero-order chi connectivity index (χ0) is 10.8. The number of nitrogens with zero attached hydrogens (tertiary/aromatic N) is 1. The Morgan fingerprint density at radius 2 is 2.38 bits per heavy atom. The number of thiazole rings is 1. The molecule has 0 radical (unpaired) electrons. The molecule has 1 unspecified atom stereocenters. The summed E-state index contributed by atoms with van der Waals surface area (Å²) in [5.74, 6) is 0.280. The number of nitrogens with one attached hydrogen (secondary N) is 2. The molecule has 1 fully saturated rings. The van der Waals surface area contributed by atoms with Gasteiger partial charge in [-0.1, -0.05) is 0 Å². The summed E-state index contributed by atoms with van der Waals surface area (Å²) in [7, 11) is 0. The van der Waals surface area contributed by atoms with Crippen LogP contribution in [0.4, 0.5) is 0 Å². The van der Waals surface area contributed by atoms with Gasteiger partial charge in [0, 0.05) is 24.2 Å². The quantitative estimate of drug-likeness (QED) is 0.862. The summed E-state index contributed by atoms with van der Waals surface area (Å²) in [6.45, 7) is 5.60. The predicted octanol–water partition coefficient (Wildman–Crippen LogP) is 1.27. The van der Waals surface area contributed by atoms with Gasteiger partial charge in [0.15, 0.2) is 0 Å². The Balaban J connectivity index is 0.00000128. The minimum absolute atomic E-state index is 0. The second-order valence-electron chi connectivity index (χ2n) is 3.89. The van der Waals surface area contributed by atoms with Crippen LogP contribution in [0.25, 0.3) is 0 Å². The molecule has 1 aliphatic heterocycles. The molecule has 0 aliphatic carbocycles. The third kappa shape index (κ3) is 2.93. The minimum Gasteiger partial charge on any atom is -0.347 e. The first kappa shape index (κ1) is 13.4. The fourth-order valence-electron chi connectivity index (χ4n) is 1.44. The standard InChI is InChI=1S/C10H15N3OS.ClH/c1-6-3-12-10(15-6)7(2)13-9(14)8-4-11-5-8;/h3,7-8,11H,4-5H2,1-2H3,(H,13,14);1H. The molecule has 1 atom stereocenters. The van der Waals surface area contributed by atoms with Gasteiger partial charge in [0.1, 0.15) is 5.01 Å². The molecule has 0 bridgehead atoms. The van der Waals surface area contributed by atoms with E-state index in [-0.39, 0.29) is 30.3 Å². The lowest BCUT2D eigenvalue weighted by molar-refractivity contribution is -0.127. The molecule has 1 amide bonds. The molecule has 1 saturated heterocycles. The summed E-state index contributed by atoms with van der Waals surface area (Å²) >= 11 is 1.63. The molecular weight excluding hydrogens is 246 g/mol. The van der Waals surface area contributed by atoms with Gasteiger partial charge in [-0.2, -0.15) is 0 Å². The number of aromatic nitrogens is 1. The van der Waals surface area contributed by atoms with Crippen LogP contribution in [-0.4, -0.2) is 24.0 Å². The number of hydrogen-bond donors (Lipinski definition) is 2. The first-order chi connectivity index (χ1) is 7.16. The third-order valence-corrected chi connectivity index (χ3v) is 3.62. The van der Waals surface area contributed by atoms with Gasteiger partial charge in [-0.05, 0) is 13.8 Å². The van der Waals surface area contributed by atoms with Gasteiger partial charge < -0.3 is 10.6 Å². The SMILES string of the molecule is Cc1cnc(C(C)NC(=O)C2CNC2)s1.Cl. The van der Waals surface area contributed by atoms with E-state index in [9.17, 15) is 4.79 Å². The fourth-order valence-corrected chi connectivity index (χ4v) is 2.22. The average Bonchev–Trinajstić information content (AvgIpc) is 2.48. The van der Waals surface area contributed by atoms with Crippen LogP contribution in [-0.2, 0) is 4.79 Å². The van der Waals surface area contributed by atoms with Gasteiger partial charge in [0.2, 0.25) is 5.91 Å². The van der Waals surface area contributed by atoms with Gasteiger partial charge in [-0.25, -0.2) is 4.98 Å². The molecule has 0 aromatic carbocycles. The maximum Gasteiger partial charge on any atom is 0.226 e. The Morgan fingerprint density at radius 3 is 2.81 bits per heavy atom. The first-order valence-corrected chi connectivity index (χ1v) is 5.92. The maximum absolute atomic E-state index is 11.6. The van der Waals surface area contributed by atoms with Gasteiger partial charge in [0.25, 0.3) is 0 Å². The van der Waals surface area contributed by atoms with Crippen molar-refractivity contribution < 1.29 is 4.79 Å². The molecule has 2 heterocycles. The van der Waals surface area contributed by atoms with Crippen molar-refractivity contribution in [1.29, 1.82) is 0 Å². The van der Waals surface area contributed by atoms with Crippen LogP contribution in [0, 0.1) is 12.8 Å². The zero-order valence-corrected chi connectivity index (χ0v) is 11.0. The number of rotatable bonds is 3. The highest BCUT2D eigenvalue weighted by molar-refractivity contribution is 7.11. The highest BCUT2D eigenvalue weighted by atomic mass is 35.5. The van der Waals surface area contributed by atoms with Gasteiger partial charge in [-0.3, -0.25) is 4.79 Å². The molecule has 2 rings (SSSR count). The van der Waals surface area contributed by atoms with E-state index in [1.165, 1.54) is 4.88 Å². The van der Waals surface area contributed by atoms with Gasteiger partial charge in [0.05, 0.1) is 12.0 Å². The van der Waals surface area contributed by atoms with Crippen molar-refractivity contribution in [3.63, 3.8) is 0 Å². The number of aryl methyl sites for hydroxylation is 1. The zero-order valence-electron chi connectivity index (χ0n) is 9.32. The van der Waals surface area contributed by atoms with Crippen LogP contribution in [0.1, 0.15) is 22.9 Å². The van der Waals surface area contributed by atoms with E-state index in [0.29, 0.717) is 0 Å². The normalized spacial score (nSPS) is 17.1. The lowest BCUT2D eigenvalue weighted by atomic mass is 10.0. The lowest BCUT2D eigenvalue weighted by Crippen LogP contribution is -2.51. The highest BCUT2D eigenvalue weighted by Gasteiger charge is 2.26. The van der Waals surface area contributed by atoms with Crippen molar-refractivity contribution >= 4 is 29.7 Å². The summed E-state index contributed by atoms with van der Waals surface area (Å²) in [5, 5.41) is 7.05. The number of halogens is 1. The Hall–Kier alpha value is -0.650. The maximum atomic E-state index is 11.6. The van der Waals surface area contributed by atoms with E-state index < -0.39 is 0 Å². The van der Waals surface area contributed by atoms with E-state index in [4.69, 9.17) is 0 Å². The molecule has 1 aromatic rings. The van der Waals surface area contributed by atoms with Crippen molar-refractivity contribution in [3.8, 4) is 0 Å². The van der Waals surface area contributed by atoms with Crippen LogP contribution >= 0.6 is 23.7 Å². The van der Waals surface area contributed by atoms with E-state index >= 15 is 0 Å². The van der Waals surface area contributed by atoms with Crippen LogP contribution in [0.3, 0.4) is 0 Å². The summed E-state index contributed by atoms with van der Waals surface area (Å²) < 4.78 is 0. The van der Waals surface area contributed by atoms with Crippen molar-refractivity contribution in [2.45, 2.75) is 19.9 Å². The third-order valence-electron chi connectivity index (χ3n) is 2.52. The highest BCUT2D eigenvalue weighted by Crippen LogP contribution is 2.19. The Kier molecular flexibility index (Phi) is 4.70. The van der Waals surface area contributed by atoms with Crippen molar-refractivity contribution in [2.24, 2.45) is 5.92 Å². The Morgan fingerprint density at radius 1 is 1.69 bits per heavy atom. The molecule has 16 heavy (non-hydrogen) atoms. The topological polar surface area (TPSA) is 54.0 Å². The minimum atomic E-state index is 0. The molecule has 0 spiro atoms. The monoisotopic (exact) mass is 261 g/mol. The van der Waals surface area contributed by atoms with Crippen LogP contribution in [0.15, 0.2) is 6.20 Å². The van der Waals surface area contributed by atoms with E-state index in [2.05, 4.69) is 15.6 Å². The van der Waals surface area contributed by atoms with Crippen molar-refractivity contribution in [1.82, 2.24) is 15.6 Å². The smallest absolute Gasteiger partial charge is 0.226 e. The Bertz CT molecular complexity index is 365. The Labute approximate surface area is 105 Å². The molecule has 0 saturated carbocycles. The fraction of sp³-hybridized carbons (Fsp3) is 0.600. The summed E-state index contributed by atoms with van der Waals surface area (Å²) in [6, 6.07) is 0.0248. The van der Waals surface area contributed by atoms with Crippen molar-refractivity contribution in [3.05, 3.63) is 16.1 Å². The van der Waals surface area contributed by atoms with Gasteiger partial charge >= 0.3 is 0 Å². The number of amides is 1. The summed E-state index contributed by atoms with van der Waals surface area (Å²) in [6.07, 6.45) is 1.84. The van der Waals surface area contributed by atoms with Crippen LogP contribution in [0.5, 0.6) is 0 Å². The van der Waals surface area contributed by atoms with Crippen LogP contribution < -0.4 is 10.6 Å². The molecule has 1 aliphatic rings. The largest absolute Gasteiger partial charge is 0.347 e. The molecule has 90 valence electrons. The van der Waals surface area contributed by atoms with Crippen molar-refractivity contribution in [2.75, 3.05) is 13.1 Å². The lowest BCUT2D eigenvalue weighted by Gasteiger charge is -2.27. The first-order valence-electron chi connectivity index (χ1n) is 5.10. The van der Waals surface area contributed by atoms with E-state index in [1.807, 2.05) is 20.0 Å². The summed E-state index contributed by atoms with van der Waals surface area (Å²) in [4.78, 5) is 17.1. The average molecular weight is 262 g/mol. The van der Waals surface area contributed by atoms with E-state index in [1.54, 1.807) is 11.3 Å². The van der Waals surface area contributed by atoms with Gasteiger partial charge in [-0.15, -0.1) is 23.7 Å². The van der Waals surface area contributed by atoms with Crippen LogP contribution in [0.2, 0.25) is 0 Å². The second-order valence-corrected chi connectivity index (χ2v) is 5.16. The summed E-state index contributed by atoms with van der Waals surface area (Å²) in [5.41, 5.74) is 0. The van der Waals surface area contributed by atoms with E-state index in [0.717, 1.165) is 18.1 Å². The molecule has 2 N–H and O–H groups in total. The molecule has 4 nitrogen and oxygen atoms in total. The number of hydrogen-bond acceptors (Lipinski definition) is 4. The molecular formula is C10H16ClN3OS. The number of carbonyl (C=O) groups is 1. The predicted molar refractivity (Wildman–Crippen MR) is 67.0 cm³/mol. The second kappa shape index (κ2) is 5.61.